The van der Waals surface area contributed by atoms with Crippen molar-refractivity contribution in [1.82, 2.24) is 10.6 Å². The fourth-order valence-corrected chi connectivity index (χ4v) is 2.21. The number of phenolic OH excluding ortho intramolecular Hbond substituents is 1. The smallest absolute Gasteiger partial charge is 0.251 e. The van der Waals surface area contributed by atoms with Crippen molar-refractivity contribution in [3.8, 4) is 5.75 Å². The molecule has 2 aromatic rings. The normalized spacial score (nSPS) is 10.1. The van der Waals surface area contributed by atoms with Crippen molar-refractivity contribution in [1.29, 1.82) is 0 Å². The van der Waals surface area contributed by atoms with E-state index in [0.717, 1.165) is 10.0 Å². The summed E-state index contributed by atoms with van der Waals surface area (Å²) >= 11 is 3.35. The Morgan fingerprint density at radius 3 is 2.17 bits per heavy atom. The van der Waals surface area contributed by atoms with Gasteiger partial charge in [-0.2, -0.15) is 0 Å². The molecule has 0 unspecified atom stereocenters. The maximum absolute atomic E-state index is 11.8. The number of hydrogen-bond acceptors (Lipinski definition) is 3. The van der Waals surface area contributed by atoms with Gasteiger partial charge in [0, 0.05) is 23.1 Å². The van der Waals surface area contributed by atoms with E-state index in [9.17, 15) is 9.59 Å². The predicted octanol–water partition coefficient (Wildman–Crippen LogP) is 2.24. The number of carbonyl (C=O) groups excluding carboxylic acids is 2. The lowest BCUT2D eigenvalue weighted by Crippen LogP contribution is -2.35. The van der Waals surface area contributed by atoms with E-state index in [2.05, 4.69) is 26.6 Å². The third-order valence-corrected chi connectivity index (χ3v) is 3.67. The molecule has 0 aliphatic heterocycles. The molecular formula is C17H17BrN2O3. The van der Waals surface area contributed by atoms with Crippen LogP contribution < -0.4 is 10.6 Å². The van der Waals surface area contributed by atoms with E-state index >= 15 is 0 Å². The molecule has 0 aliphatic rings. The van der Waals surface area contributed by atoms with Crippen molar-refractivity contribution in [3.63, 3.8) is 0 Å². The highest BCUT2D eigenvalue weighted by Crippen LogP contribution is 2.11. The minimum absolute atomic E-state index is 0.0915. The third-order valence-electron chi connectivity index (χ3n) is 3.14. The third kappa shape index (κ3) is 5.75. The molecule has 2 aromatic carbocycles. The van der Waals surface area contributed by atoms with Crippen molar-refractivity contribution in [3.05, 3.63) is 64.1 Å². The minimum atomic E-state index is -0.243. The molecule has 3 N–H and O–H groups in total. The molecule has 0 radical (unpaired) electrons. The maximum atomic E-state index is 11.8. The van der Waals surface area contributed by atoms with Gasteiger partial charge in [0.25, 0.3) is 5.91 Å². The maximum Gasteiger partial charge on any atom is 0.251 e. The SMILES string of the molecule is O=C(Cc1ccc(Br)cc1)NCCNC(=O)c1ccc(O)cc1. The first-order valence-corrected chi connectivity index (χ1v) is 7.92. The molecular weight excluding hydrogens is 360 g/mol. The van der Waals surface area contributed by atoms with Gasteiger partial charge in [-0.15, -0.1) is 0 Å². The van der Waals surface area contributed by atoms with Crippen LogP contribution in [0.1, 0.15) is 15.9 Å². The number of nitrogens with one attached hydrogen (secondary N) is 2. The van der Waals surface area contributed by atoms with Crippen LogP contribution in [0, 0.1) is 0 Å². The average Bonchev–Trinajstić information content (AvgIpc) is 2.54. The quantitative estimate of drug-likeness (QED) is 0.676. The van der Waals surface area contributed by atoms with Crippen LogP contribution in [0.2, 0.25) is 0 Å². The number of amides is 2. The number of halogens is 1. The van der Waals surface area contributed by atoms with Crippen LogP contribution in [0.15, 0.2) is 53.0 Å². The molecule has 120 valence electrons. The zero-order valence-corrected chi connectivity index (χ0v) is 14.0. The second-order valence-electron chi connectivity index (χ2n) is 4.96. The Morgan fingerprint density at radius 2 is 1.52 bits per heavy atom. The molecule has 0 aliphatic carbocycles. The lowest BCUT2D eigenvalue weighted by molar-refractivity contribution is -0.120. The van der Waals surface area contributed by atoms with Crippen LogP contribution in [-0.4, -0.2) is 30.0 Å². The molecule has 0 saturated carbocycles. The Morgan fingerprint density at radius 1 is 0.913 bits per heavy atom. The van der Waals surface area contributed by atoms with E-state index in [1.54, 1.807) is 0 Å². The summed E-state index contributed by atoms with van der Waals surface area (Å²) in [6.07, 6.45) is 0.305. The Bertz CT molecular complexity index is 669. The summed E-state index contributed by atoms with van der Waals surface area (Å²) in [5.74, 6) is -0.222. The minimum Gasteiger partial charge on any atom is -0.508 e. The fraction of sp³-hybridized carbons (Fsp3) is 0.176. The van der Waals surface area contributed by atoms with Crippen molar-refractivity contribution in [2.45, 2.75) is 6.42 Å². The molecule has 0 aromatic heterocycles. The van der Waals surface area contributed by atoms with Crippen molar-refractivity contribution >= 4 is 27.7 Å². The Kier molecular flexibility index (Phi) is 6.17. The highest BCUT2D eigenvalue weighted by atomic mass is 79.9. The number of aromatic hydroxyl groups is 1. The van der Waals surface area contributed by atoms with Gasteiger partial charge in [0.2, 0.25) is 5.91 Å². The zero-order valence-electron chi connectivity index (χ0n) is 12.4. The van der Waals surface area contributed by atoms with Gasteiger partial charge in [-0.1, -0.05) is 28.1 Å². The molecule has 6 heteroatoms. The van der Waals surface area contributed by atoms with Crippen molar-refractivity contribution in [2.24, 2.45) is 0 Å². The molecule has 0 bridgehead atoms. The Hall–Kier alpha value is -2.34. The number of rotatable bonds is 6. The second-order valence-corrected chi connectivity index (χ2v) is 5.87. The topological polar surface area (TPSA) is 78.4 Å². The Balaban J connectivity index is 1.68. The molecule has 0 heterocycles. The highest BCUT2D eigenvalue weighted by Gasteiger charge is 2.06. The van der Waals surface area contributed by atoms with Crippen LogP contribution in [0.25, 0.3) is 0 Å². The van der Waals surface area contributed by atoms with Gasteiger partial charge in [-0.05, 0) is 42.0 Å². The van der Waals surface area contributed by atoms with E-state index in [4.69, 9.17) is 5.11 Å². The molecule has 0 saturated heterocycles. The van der Waals surface area contributed by atoms with Gasteiger partial charge < -0.3 is 15.7 Å². The first-order valence-electron chi connectivity index (χ1n) is 7.13. The van der Waals surface area contributed by atoms with E-state index in [1.807, 2.05) is 24.3 Å². The average molecular weight is 377 g/mol. The largest absolute Gasteiger partial charge is 0.508 e. The summed E-state index contributed by atoms with van der Waals surface area (Å²) in [5, 5.41) is 14.6. The summed E-state index contributed by atoms with van der Waals surface area (Å²) in [6, 6.07) is 13.5. The van der Waals surface area contributed by atoms with Crippen LogP contribution in [0.4, 0.5) is 0 Å². The molecule has 2 amide bonds. The summed E-state index contributed by atoms with van der Waals surface area (Å²) in [7, 11) is 0. The molecule has 0 fully saturated rings. The number of benzene rings is 2. The molecule has 5 nitrogen and oxygen atoms in total. The summed E-state index contributed by atoms with van der Waals surface area (Å²) in [6.45, 7) is 0.699. The lowest BCUT2D eigenvalue weighted by atomic mass is 10.1. The van der Waals surface area contributed by atoms with E-state index in [0.29, 0.717) is 25.1 Å². The summed E-state index contributed by atoms with van der Waals surface area (Å²) in [5.41, 5.74) is 1.39. The standard InChI is InChI=1S/C17H17BrN2O3/c18-14-5-1-12(2-6-14)11-16(22)19-9-10-20-17(23)13-3-7-15(21)8-4-13/h1-8,21H,9-11H2,(H,19,22)(H,20,23). The van der Waals surface area contributed by atoms with E-state index in [-0.39, 0.29) is 17.6 Å². The molecule has 23 heavy (non-hydrogen) atoms. The van der Waals surface area contributed by atoms with Gasteiger partial charge in [-0.3, -0.25) is 9.59 Å². The second kappa shape index (κ2) is 8.33. The highest BCUT2D eigenvalue weighted by molar-refractivity contribution is 9.10. The van der Waals surface area contributed by atoms with Gasteiger partial charge >= 0.3 is 0 Å². The summed E-state index contributed by atoms with van der Waals surface area (Å²) in [4.78, 5) is 23.6. The van der Waals surface area contributed by atoms with Gasteiger partial charge in [0.05, 0.1) is 6.42 Å². The van der Waals surface area contributed by atoms with Gasteiger partial charge in [0.1, 0.15) is 5.75 Å². The van der Waals surface area contributed by atoms with Crippen LogP contribution >= 0.6 is 15.9 Å². The number of carbonyl (C=O) groups is 2. The number of phenols is 1. The summed E-state index contributed by atoms with van der Waals surface area (Å²) < 4.78 is 0.971. The van der Waals surface area contributed by atoms with Gasteiger partial charge in [0.15, 0.2) is 0 Å². The van der Waals surface area contributed by atoms with Crippen molar-refractivity contribution < 1.29 is 14.7 Å². The zero-order chi connectivity index (χ0) is 16.7. The monoisotopic (exact) mass is 376 g/mol. The van der Waals surface area contributed by atoms with E-state index < -0.39 is 0 Å². The molecule has 0 atom stereocenters. The number of hydrogen-bond donors (Lipinski definition) is 3. The van der Waals surface area contributed by atoms with Crippen LogP contribution in [0.3, 0.4) is 0 Å². The first kappa shape index (κ1) is 17.0. The van der Waals surface area contributed by atoms with Crippen LogP contribution in [-0.2, 0) is 11.2 Å². The Labute approximate surface area is 142 Å². The first-order chi connectivity index (χ1) is 11.0. The van der Waals surface area contributed by atoms with Gasteiger partial charge in [-0.25, -0.2) is 0 Å². The predicted molar refractivity (Wildman–Crippen MR) is 91.3 cm³/mol. The molecule has 2 rings (SSSR count). The van der Waals surface area contributed by atoms with Crippen LogP contribution in [0.5, 0.6) is 5.75 Å². The van der Waals surface area contributed by atoms with E-state index in [1.165, 1.54) is 24.3 Å². The van der Waals surface area contributed by atoms with Crippen molar-refractivity contribution in [2.75, 3.05) is 13.1 Å². The molecule has 0 spiro atoms. The fourth-order valence-electron chi connectivity index (χ4n) is 1.94. The lowest BCUT2D eigenvalue weighted by Gasteiger charge is -2.07.